The number of benzene rings is 2. The Bertz CT molecular complexity index is 2550. The van der Waals surface area contributed by atoms with Gasteiger partial charge in [-0.15, -0.1) is 0 Å². The number of carbonyl (C=O) groups is 5. The largest absolute Gasteiger partial charge is 0.508 e. The number of hydrogen-bond donors (Lipinski definition) is 5. The zero-order valence-corrected chi connectivity index (χ0v) is 37.8. The lowest BCUT2D eigenvalue weighted by molar-refractivity contribution is -0.189. The maximum Gasteiger partial charge on any atom is 0.355 e. The summed E-state index contributed by atoms with van der Waals surface area (Å²) in [5.41, 5.74) is 4.02. The summed E-state index contributed by atoms with van der Waals surface area (Å²) in [4.78, 5) is 75.2. The number of nitrogens with one attached hydrogen (secondary N) is 2. The number of carbonyl (C=O) groups excluding carboxylic acids is 5. The number of aromatic nitrogens is 2. The van der Waals surface area contributed by atoms with Crippen molar-refractivity contribution < 1.29 is 44.0 Å². The van der Waals surface area contributed by atoms with Crippen molar-refractivity contribution in [1.29, 1.82) is 0 Å². The number of amides is 3. The van der Waals surface area contributed by atoms with E-state index in [0.29, 0.717) is 23.6 Å². The number of rotatable bonds is 9. The number of ketones is 1. The average molecular weight is 889 g/mol. The molecule has 3 amide bonds. The highest BCUT2D eigenvalue weighted by Gasteiger charge is 2.50. The highest BCUT2D eigenvalue weighted by Crippen LogP contribution is 2.47. The fourth-order valence-electron chi connectivity index (χ4n) is 10.2. The third kappa shape index (κ3) is 9.06. The van der Waals surface area contributed by atoms with Crippen molar-refractivity contribution in [2.24, 2.45) is 17.3 Å². The first-order valence-electron chi connectivity index (χ1n) is 22.7. The van der Waals surface area contributed by atoms with Crippen LogP contribution in [0.2, 0.25) is 0 Å². The predicted octanol–water partition coefficient (Wildman–Crippen LogP) is 5.15. The minimum Gasteiger partial charge on any atom is -0.508 e. The van der Waals surface area contributed by atoms with Crippen LogP contribution < -0.4 is 10.7 Å². The Morgan fingerprint density at radius 2 is 1.80 bits per heavy atom. The second kappa shape index (κ2) is 17.5. The zero-order valence-electron chi connectivity index (χ0n) is 37.8. The van der Waals surface area contributed by atoms with Crippen molar-refractivity contribution >= 4 is 40.4 Å². The van der Waals surface area contributed by atoms with E-state index in [-0.39, 0.29) is 63.2 Å². The molecule has 8 rings (SSSR count). The van der Waals surface area contributed by atoms with Crippen LogP contribution in [0.5, 0.6) is 5.75 Å². The lowest BCUT2D eigenvalue weighted by Gasteiger charge is -2.40. The fraction of sp³-hybridized carbons (Fsp3) is 0.480. The number of esters is 1. The summed E-state index contributed by atoms with van der Waals surface area (Å²) in [5, 5.41) is 39.6. The number of phenols is 1. The lowest BCUT2D eigenvalue weighted by atomic mass is 9.84. The quantitative estimate of drug-likeness (QED) is 0.110. The SMILES string of the molecule is C=CC(=O)C1CCC(O)(C(=O)N(C)[C@H](C(=O)N[C@H]2Cc3cc(O)cc(c3)-c3ccc4c(c3)c(c(-c3cccnc3)n4C3CC3)CC(C)(C)COC(=O)[C@@]3(O)CCCN(N3)C2=O)C(C)C)C1. The number of allylic oxidation sites excluding steroid dienone is 1. The van der Waals surface area contributed by atoms with Gasteiger partial charge in [0.15, 0.2) is 5.78 Å². The number of aliphatic hydroxyl groups is 2. The Kier molecular flexibility index (Phi) is 12.3. The van der Waals surface area contributed by atoms with Crippen LogP contribution in [0.15, 0.2) is 73.6 Å². The molecule has 15 heteroatoms. The van der Waals surface area contributed by atoms with Gasteiger partial charge >= 0.3 is 5.97 Å². The van der Waals surface area contributed by atoms with Crippen LogP contribution in [0.3, 0.4) is 0 Å². The molecule has 4 aromatic rings. The van der Waals surface area contributed by atoms with Crippen LogP contribution in [0, 0.1) is 17.3 Å². The minimum absolute atomic E-state index is 0.0313. The van der Waals surface area contributed by atoms with E-state index in [1.165, 1.54) is 24.1 Å². The molecule has 3 fully saturated rings. The molecule has 4 heterocycles. The Labute approximate surface area is 378 Å². The molecule has 2 aromatic heterocycles. The van der Waals surface area contributed by atoms with Crippen LogP contribution in [0.25, 0.3) is 33.3 Å². The summed E-state index contributed by atoms with van der Waals surface area (Å²) in [5.74, 6) is -4.42. The molecule has 2 aliphatic carbocycles. The van der Waals surface area contributed by atoms with Crippen LogP contribution in [-0.4, -0.2) is 108 Å². The zero-order chi connectivity index (χ0) is 46.6. The number of nitrogens with zero attached hydrogens (tertiary/aromatic N) is 4. The molecule has 65 heavy (non-hydrogen) atoms. The van der Waals surface area contributed by atoms with Gasteiger partial charge in [0, 0.05) is 72.7 Å². The van der Waals surface area contributed by atoms with Gasteiger partial charge in [0.25, 0.3) is 11.8 Å². The van der Waals surface area contributed by atoms with Crippen molar-refractivity contribution in [3.8, 4) is 28.1 Å². The molecular formula is C50H60N6O9. The van der Waals surface area contributed by atoms with E-state index in [4.69, 9.17) is 4.74 Å². The molecule has 2 aliphatic heterocycles. The molecule has 2 saturated carbocycles. The number of hydrazine groups is 1. The molecule has 4 aliphatic rings. The number of phenolic OH excluding ortho intramolecular Hbond substituents is 1. The smallest absolute Gasteiger partial charge is 0.355 e. The monoisotopic (exact) mass is 888 g/mol. The van der Waals surface area contributed by atoms with Crippen LogP contribution in [0.1, 0.15) is 89.8 Å². The van der Waals surface area contributed by atoms with Crippen LogP contribution in [-0.2, 0) is 41.6 Å². The van der Waals surface area contributed by atoms with Gasteiger partial charge in [-0.05, 0) is 116 Å². The molecule has 344 valence electrons. The van der Waals surface area contributed by atoms with Crippen molar-refractivity contribution in [2.45, 2.75) is 115 Å². The van der Waals surface area contributed by atoms with Crippen molar-refractivity contribution in [1.82, 2.24) is 30.2 Å². The van der Waals surface area contributed by atoms with E-state index in [1.54, 1.807) is 26.1 Å². The van der Waals surface area contributed by atoms with Gasteiger partial charge in [-0.25, -0.2) is 4.79 Å². The molecule has 0 spiro atoms. The lowest BCUT2D eigenvalue weighted by Crippen LogP contribution is -2.67. The second-order valence-electron chi connectivity index (χ2n) is 19.7. The summed E-state index contributed by atoms with van der Waals surface area (Å²) in [6.07, 6.45) is 7.60. The highest BCUT2D eigenvalue weighted by molar-refractivity contribution is 5.97. The summed E-state index contributed by atoms with van der Waals surface area (Å²) in [6, 6.07) is 13.0. The maximum absolute atomic E-state index is 14.7. The molecular weight excluding hydrogens is 829 g/mol. The molecule has 2 unspecified atom stereocenters. The predicted molar refractivity (Wildman–Crippen MR) is 243 cm³/mol. The first-order valence-corrected chi connectivity index (χ1v) is 22.7. The fourth-order valence-corrected chi connectivity index (χ4v) is 10.2. The van der Waals surface area contributed by atoms with E-state index >= 15 is 0 Å². The topological polar surface area (TPSA) is 204 Å². The average Bonchev–Trinajstić information content (AvgIpc) is 3.96. The number of cyclic esters (lactones) is 1. The summed E-state index contributed by atoms with van der Waals surface area (Å²) in [7, 11) is 1.42. The van der Waals surface area contributed by atoms with Gasteiger partial charge in [0.1, 0.15) is 23.4 Å². The van der Waals surface area contributed by atoms with Crippen molar-refractivity contribution in [3.63, 3.8) is 0 Å². The van der Waals surface area contributed by atoms with E-state index < -0.39 is 64.4 Å². The first kappa shape index (κ1) is 45.7. The normalized spacial score (nSPS) is 25.1. The van der Waals surface area contributed by atoms with E-state index in [9.17, 15) is 39.3 Å². The minimum atomic E-state index is -2.27. The number of fused-ring (bicyclic) bond motifs is 6. The first-order chi connectivity index (χ1) is 30.8. The van der Waals surface area contributed by atoms with Crippen molar-refractivity contribution in [3.05, 3.63) is 84.7 Å². The summed E-state index contributed by atoms with van der Waals surface area (Å²) >= 11 is 0. The third-order valence-electron chi connectivity index (χ3n) is 13.5. The van der Waals surface area contributed by atoms with E-state index in [0.717, 1.165) is 51.1 Å². The standard InChI is InChI=1S/C50H60N6O9/c1-7-41(58)32-15-17-49(63,25-32)46(61)54(6)42(29(2)3)44(59)52-39-22-30-20-34(23-36(57)21-30)31-11-14-40-37(24-31)38(43(56(40)35-12-13-35)33-10-8-18-51-27-33)26-48(4,5)28-65-47(62)50(64)16-9-19-55(53-50)45(39)60/h7-8,10-11,14,18,20-21,23-24,27,29,32,35,39,42,53,57,63-64H,1,9,12-13,15-17,19,22,25-26,28H2,2-6H3,(H,52,59)/t32?,39-,42-,49?,50-/m0/s1. The molecule has 6 bridgehead atoms. The molecule has 15 nitrogen and oxygen atoms in total. The number of pyridine rings is 1. The summed E-state index contributed by atoms with van der Waals surface area (Å²) in [6.45, 7) is 11.1. The Morgan fingerprint density at radius 3 is 2.49 bits per heavy atom. The third-order valence-corrected chi connectivity index (χ3v) is 13.5. The van der Waals surface area contributed by atoms with Crippen LogP contribution >= 0.6 is 0 Å². The van der Waals surface area contributed by atoms with Gasteiger partial charge in [-0.3, -0.25) is 29.2 Å². The second-order valence-corrected chi connectivity index (χ2v) is 19.7. The number of likely N-dealkylation sites (N-methyl/N-ethyl adjacent to an activating group) is 1. The van der Waals surface area contributed by atoms with Gasteiger partial charge in [0.2, 0.25) is 11.6 Å². The Morgan fingerprint density at radius 1 is 1.03 bits per heavy atom. The Hall–Kier alpha value is -5.90. The van der Waals surface area contributed by atoms with Crippen LogP contribution in [0.4, 0.5) is 0 Å². The molecule has 5 atom stereocenters. The molecule has 2 aromatic carbocycles. The molecule has 5 N–H and O–H groups in total. The number of hydrogen-bond acceptors (Lipinski definition) is 11. The van der Waals surface area contributed by atoms with E-state index in [1.807, 2.05) is 44.3 Å². The maximum atomic E-state index is 14.7. The highest BCUT2D eigenvalue weighted by atomic mass is 16.6. The van der Waals surface area contributed by atoms with Crippen molar-refractivity contribution in [2.75, 3.05) is 20.2 Å². The van der Waals surface area contributed by atoms with E-state index in [2.05, 4.69) is 39.0 Å². The van der Waals surface area contributed by atoms with Gasteiger partial charge in [0.05, 0.1) is 12.3 Å². The molecule has 0 radical (unpaired) electrons. The number of ether oxygens (including phenoxy) is 1. The van der Waals surface area contributed by atoms with Gasteiger partial charge in [-0.1, -0.05) is 46.4 Å². The number of aromatic hydroxyl groups is 1. The summed E-state index contributed by atoms with van der Waals surface area (Å²) < 4.78 is 8.31. The molecule has 1 saturated heterocycles. The van der Waals surface area contributed by atoms with Gasteiger partial charge < -0.3 is 34.8 Å². The van der Waals surface area contributed by atoms with Gasteiger partial charge in [-0.2, -0.15) is 5.43 Å². The Balaban J connectivity index is 1.20.